The zero-order valence-electron chi connectivity index (χ0n) is 19.4. The molecule has 6 nitrogen and oxygen atoms in total. The number of hydrogen-bond acceptors (Lipinski definition) is 5. The summed E-state index contributed by atoms with van der Waals surface area (Å²) >= 11 is 6.05. The van der Waals surface area contributed by atoms with Crippen molar-refractivity contribution < 1.29 is 24.2 Å². The van der Waals surface area contributed by atoms with E-state index in [9.17, 15) is 14.7 Å². The number of carbonyl (C=O) groups excluding carboxylic acids is 2. The van der Waals surface area contributed by atoms with Gasteiger partial charge in [-0.2, -0.15) is 0 Å². The molecule has 7 heteroatoms. The lowest BCUT2D eigenvalue weighted by atomic mass is 9.94. The zero-order chi connectivity index (χ0) is 24.1. The average molecular weight is 472 g/mol. The predicted octanol–water partition coefficient (Wildman–Crippen LogP) is 5.14. The van der Waals surface area contributed by atoms with Crippen LogP contribution in [-0.4, -0.2) is 48.6 Å². The van der Waals surface area contributed by atoms with Crippen molar-refractivity contribution in [2.75, 3.05) is 26.9 Å². The minimum absolute atomic E-state index is 0.0648. The second-order valence-electron chi connectivity index (χ2n) is 8.58. The Hall–Kier alpha value is -2.83. The molecule has 0 aliphatic carbocycles. The summed E-state index contributed by atoms with van der Waals surface area (Å²) in [6.45, 7) is 7.37. The van der Waals surface area contributed by atoms with Crippen molar-refractivity contribution >= 4 is 29.1 Å². The number of likely N-dealkylation sites (tertiary alicyclic amines) is 1. The normalized spacial score (nSPS) is 17.8. The lowest BCUT2D eigenvalue weighted by Gasteiger charge is -2.25. The van der Waals surface area contributed by atoms with Crippen LogP contribution in [0.25, 0.3) is 5.76 Å². The number of benzene rings is 2. The molecule has 0 spiro atoms. The highest BCUT2D eigenvalue weighted by Gasteiger charge is 2.45. The van der Waals surface area contributed by atoms with E-state index in [0.29, 0.717) is 48.2 Å². The van der Waals surface area contributed by atoms with Crippen molar-refractivity contribution in [3.8, 4) is 5.75 Å². The van der Waals surface area contributed by atoms with E-state index in [1.807, 2.05) is 6.92 Å². The molecule has 33 heavy (non-hydrogen) atoms. The molecular weight excluding hydrogens is 442 g/mol. The number of ether oxygens (including phenoxy) is 2. The molecule has 2 aromatic rings. The summed E-state index contributed by atoms with van der Waals surface area (Å²) in [7, 11) is 1.58. The summed E-state index contributed by atoms with van der Waals surface area (Å²) in [5, 5.41) is 11.8. The number of rotatable bonds is 9. The molecular formula is C26H30ClNO5. The van der Waals surface area contributed by atoms with Crippen LogP contribution in [0.1, 0.15) is 43.0 Å². The topological polar surface area (TPSA) is 76.1 Å². The van der Waals surface area contributed by atoms with E-state index in [2.05, 4.69) is 13.8 Å². The van der Waals surface area contributed by atoms with E-state index in [1.54, 1.807) is 49.6 Å². The van der Waals surface area contributed by atoms with Crippen LogP contribution in [0.15, 0.2) is 48.0 Å². The third kappa shape index (κ3) is 5.57. The van der Waals surface area contributed by atoms with Crippen LogP contribution >= 0.6 is 11.6 Å². The molecule has 176 valence electrons. The molecule has 1 heterocycles. The van der Waals surface area contributed by atoms with Crippen LogP contribution in [0.2, 0.25) is 5.02 Å². The quantitative estimate of drug-likeness (QED) is 0.237. The minimum Gasteiger partial charge on any atom is -0.507 e. The van der Waals surface area contributed by atoms with Gasteiger partial charge in [0.15, 0.2) is 0 Å². The summed E-state index contributed by atoms with van der Waals surface area (Å²) < 4.78 is 10.9. The number of halogens is 1. The zero-order valence-corrected chi connectivity index (χ0v) is 20.2. The first-order chi connectivity index (χ1) is 15.7. The van der Waals surface area contributed by atoms with E-state index < -0.39 is 17.7 Å². The number of carbonyl (C=O) groups is 2. The molecule has 0 bridgehead atoms. The monoisotopic (exact) mass is 471 g/mol. The van der Waals surface area contributed by atoms with Gasteiger partial charge in [0.2, 0.25) is 0 Å². The van der Waals surface area contributed by atoms with Crippen molar-refractivity contribution in [1.82, 2.24) is 4.90 Å². The van der Waals surface area contributed by atoms with E-state index in [1.165, 1.54) is 4.90 Å². The molecule has 1 amide bonds. The predicted molar refractivity (Wildman–Crippen MR) is 128 cm³/mol. The molecule has 1 fully saturated rings. The molecule has 0 aromatic heterocycles. The van der Waals surface area contributed by atoms with Crippen molar-refractivity contribution in [2.24, 2.45) is 5.92 Å². The minimum atomic E-state index is -0.712. The molecule has 1 aliphatic rings. The van der Waals surface area contributed by atoms with Gasteiger partial charge >= 0.3 is 0 Å². The van der Waals surface area contributed by atoms with E-state index in [4.69, 9.17) is 21.1 Å². The second-order valence-corrected chi connectivity index (χ2v) is 9.01. The van der Waals surface area contributed by atoms with Gasteiger partial charge in [-0.05, 0) is 60.7 Å². The molecule has 1 aliphatic heterocycles. The van der Waals surface area contributed by atoms with Crippen molar-refractivity contribution in [2.45, 2.75) is 33.2 Å². The van der Waals surface area contributed by atoms with Crippen LogP contribution in [0.5, 0.6) is 5.75 Å². The number of methoxy groups -OCH3 is 1. The third-order valence-corrected chi connectivity index (χ3v) is 5.75. The molecule has 0 unspecified atom stereocenters. The summed E-state index contributed by atoms with van der Waals surface area (Å²) in [6, 6.07) is 11.5. The Morgan fingerprint density at radius 1 is 1.15 bits per heavy atom. The Kier molecular flexibility index (Phi) is 8.16. The van der Waals surface area contributed by atoms with Crippen molar-refractivity contribution in [1.29, 1.82) is 0 Å². The van der Waals surface area contributed by atoms with Gasteiger partial charge in [0.05, 0.1) is 18.2 Å². The first-order valence-corrected chi connectivity index (χ1v) is 11.4. The third-order valence-electron chi connectivity index (χ3n) is 5.49. The number of hydrogen-bond donors (Lipinski definition) is 1. The number of aryl methyl sites for hydroxylation is 1. The number of ketones is 1. The molecule has 0 radical (unpaired) electrons. The van der Waals surface area contributed by atoms with E-state index in [0.717, 1.165) is 11.3 Å². The van der Waals surface area contributed by atoms with Gasteiger partial charge in [0, 0.05) is 30.8 Å². The van der Waals surface area contributed by atoms with Crippen LogP contribution in [0, 0.1) is 12.8 Å². The molecule has 1 atom stereocenters. The molecule has 1 saturated heterocycles. The maximum Gasteiger partial charge on any atom is 0.295 e. The Morgan fingerprint density at radius 3 is 2.45 bits per heavy atom. The Morgan fingerprint density at radius 2 is 1.85 bits per heavy atom. The Labute approximate surface area is 199 Å². The number of Topliss-reactive ketones (excluding diaryl/α,β-unsaturated/α-hetero) is 1. The largest absolute Gasteiger partial charge is 0.507 e. The maximum atomic E-state index is 13.1. The van der Waals surface area contributed by atoms with Gasteiger partial charge in [0.25, 0.3) is 11.7 Å². The Balaban J connectivity index is 2.04. The summed E-state index contributed by atoms with van der Waals surface area (Å²) in [6.07, 6.45) is 0.564. The number of nitrogens with zero attached hydrogens (tertiary/aromatic N) is 1. The second kappa shape index (κ2) is 10.9. The van der Waals surface area contributed by atoms with Crippen molar-refractivity contribution in [3.05, 3.63) is 69.8 Å². The van der Waals surface area contributed by atoms with Gasteiger partial charge < -0.3 is 19.5 Å². The summed E-state index contributed by atoms with van der Waals surface area (Å²) in [4.78, 5) is 27.5. The fourth-order valence-electron chi connectivity index (χ4n) is 3.85. The SMILES string of the molecule is COCCCN1C(=O)C(=O)C(=C(O)c2ccc(OCC(C)C)c(C)c2)[C@H]1c1ccc(Cl)cc1. The van der Waals surface area contributed by atoms with Crippen LogP contribution in [0.3, 0.4) is 0 Å². The lowest BCUT2D eigenvalue weighted by Crippen LogP contribution is -2.31. The van der Waals surface area contributed by atoms with E-state index >= 15 is 0 Å². The van der Waals surface area contributed by atoms with Gasteiger partial charge in [0.1, 0.15) is 11.5 Å². The van der Waals surface area contributed by atoms with Gasteiger partial charge in [-0.1, -0.05) is 37.6 Å². The first-order valence-electron chi connectivity index (χ1n) is 11.0. The Bertz CT molecular complexity index is 1050. The summed E-state index contributed by atoms with van der Waals surface area (Å²) in [5.41, 5.74) is 2.05. The van der Waals surface area contributed by atoms with Crippen LogP contribution in [-0.2, 0) is 14.3 Å². The molecule has 3 rings (SSSR count). The standard InChI is InChI=1S/C26H30ClNO5/c1-16(2)15-33-21-11-8-19(14-17(21)3)24(29)22-23(18-6-9-20(27)10-7-18)28(12-5-13-32-4)26(31)25(22)30/h6-11,14,16,23,29H,5,12-13,15H2,1-4H3/t23-/m1/s1. The van der Waals surface area contributed by atoms with Crippen LogP contribution in [0.4, 0.5) is 0 Å². The number of aliphatic hydroxyl groups excluding tert-OH is 1. The highest BCUT2D eigenvalue weighted by atomic mass is 35.5. The lowest BCUT2D eigenvalue weighted by molar-refractivity contribution is -0.140. The smallest absolute Gasteiger partial charge is 0.295 e. The van der Waals surface area contributed by atoms with Gasteiger partial charge in [-0.25, -0.2) is 0 Å². The fourth-order valence-corrected chi connectivity index (χ4v) is 3.98. The fraction of sp³-hybridized carbons (Fsp3) is 0.385. The van der Waals surface area contributed by atoms with Crippen molar-refractivity contribution in [3.63, 3.8) is 0 Å². The van der Waals surface area contributed by atoms with Crippen LogP contribution < -0.4 is 4.74 Å². The molecule has 1 N–H and O–H groups in total. The number of aliphatic hydroxyl groups is 1. The molecule has 2 aromatic carbocycles. The molecule has 0 saturated carbocycles. The van der Waals surface area contributed by atoms with Gasteiger partial charge in [-0.3, -0.25) is 9.59 Å². The highest BCUT2D eigenvalue weighted by molar-refractivity contribution is 6.46. The summed E-state index contributed by atoms with van der Waals surface area (Å²) in [5.74, 6) is -0.453. The first kappa shape index (κ1) is 24.8. The number of amides is 1. The van der Waals surface area contributed by atoms with E-state index in [-0.39, 0.29) is 11.3 Å². The van der Waals surface area contributed by atoms with Gasteiger partial charge in [-0.15, -0.1) is 0 Å². The average Bonchev–Trinajstić information content (AvgIpc) is 3.03. The highest BCUT2D eigenvalue weighted by Crippen LogP contribution is 2.40. The maximum absolute atomic E-state index is 13.1.